The molecule has 0 bridgehead atoms. The number of hydrogen-bond donors (Lipinski definition) is 1. The maximum Gasteiger partial charge on any atom is 0.148 e. The molecule has 0 aromatic heterocycles. The molecule has 19 heavy (non-hydrogen) atoms. The van der Waals surface area contributed by atoms with E-state index in [1.165, 1.54) is 6.26 Å². The van der Waals surface area contributed by atoms with Crippen LogP contribution >= 0.6 is 0 Å². The van der Waals surface area contributed by atoms with Gasteiger partial charge < -0.3 is 10.1 Å². The minimum absolute atomic E-state index is 0.0651. The lowest BCUT2D eigenvalue weighted by atomic mass is 10.2. The second-order valence-corrected chi connectivity index (χ2v) is 7.37. The zero-order valence-corrected chi connectivity index (χ0v) is 12.8. The average molecular weight is 285 g/mol. The Morgan fingerprint density at radius 1 is 1.26 bits per heavy atom. The lowest BCUT2D eigenvalue weighted by molar-refractivity contribution is 0.242. The van der Waals surface area contributed by atoms with Crippen molar-refractivity contribution in [1.29, 1.82) is 0 Å². The molecule has 0 aliphatic rings. The molecule has 0 fully saturated rings. The van der Waals surface area contributed by atoms with Crippen LogP contribution in [0.5, 0.6) is 5.75 Å². The van der Waals surface area contributed by atoms with Gasteiger partial charge in [-0.2, -0.15) is 0 Å². The van der Waals surface area contributed by atoms with Gasteiger partial charge in [0, 0.05) is 18.8 Å². The smallest absolute Gasteiger partial charge is 0.148 e. The van der Waals surface area contributed by atoms with Crippen LogP contribution in [-0.2, 0) is 16.4 Å². The molecule has 108 valence electrons. The summed E-state index contributed by atoms with van der Waals surface area (Å²) in [6.07, 6.45) is 1.40. The van der Waals surface area contributed by atoms with Crippen molar-refractivity contribution in [1.82, 2.24) is 5.32 Å². The third-order valence-corrected chi connectivity index (χ3v) is 3.58. The van der Waals surface area contributed by atoms with Gasteiger partial charge in [-0.25, -0.2) is 8.42 Å². The molecule has 0 aliphatic heterocycles. The molecule has 0 spiro atoms. The highest BCUT2D eigenvalue weighted by molar-refractivity contribution is 7.90. The highest BCUT2D eigenvalue weighted by atomic mass is 32.2. The van der Waals surface area contributed by atoms with Crippen molar-refractivity contribution >= 4 is 9.84 Å². The first kappa shape index (κ1) is 16.0. The highest BCUT2D eigenvalue weighted by Gasteiger charge is 2.09. The quantitative estimate of drug-likeness (QED) is 0.832. The summed E-state index contributed by atoms with van der Waals surface area (Å²) in [5.74, 6) is 0.986. The fourth-order valence-electron chi connectivity index (χ4n) is 1.81. The Bertz CT molecular complexity index is 497. The first-order chi connectivity index (χ1) is 8.76. The summed E-state index contributed by atoms with van der Waals surface area (Å²) in [5.41, 5.74) is 1.08. The molecule has 0 heterocycles. The predicted octanol–water partition coefficient (Wildman–Crippen LogP) is 2.00. The summed E-state index contributed by atoms with van der Waals surface area (Å²) >= 11 is 0. The molecule has 0 radical (unpaired) electrons. The van der Waals surface area contributed by atoms with Gasteiger partial charge in [0.25, 0.3) is 0 Å². The standard InChI is InChI=1S/C14H23NO3S/c1-11(2)18-14-7-5-6-13(8-14)9-15-12(3)10-19(4,16)17/h5-8,11-12,15H,9-10H2,1-4H3. The Balaban J connectivity index is 2.53. The van der Waals surface area contributed by atoms with Gasteiger partial charge in [-0.05, 0) is 38.5 Å². The molecular weight excluding hydrogens is 262 g/mol. The van der Waals surface area contributed by atoms with E-state index in [0.29, 0.717) is 6.54 Å². The number of rotatable bonds is 7. The summed E-state index contributed by atoms with van der Waals surface area (Å²) in [6, 6.07) is 7.76. The number of benzene rings is 1. The molecule has 1 aromatic rings. The number of ether oxygens (including phenoxy) is 1. The molecule has 1 rings (SSSR count). The van der Waals surface area contributed by atoms with Crippen LogP contribution in [0.25, 0.3) is 0 Å². The molecule has 0 aliphatic carbocycles. The number of sulfone groups is 1. The Morgan fingerprint density at radius 2 is 1.95 bits per heavy atom. The monoisotopic (exact) mass is 285 g/mol. The maximum atomic E-state index is 11.2. The Kier molecular flexibility index (Phi) is 5.82. The van der Waals surface area contributed by atoms with Crippen molar-refractivity contribution in [2.75, 3.05) is 12.0 Å². The van der Waals surface area contributed by atoms with E-state index >= 15 is 0 Å². The van der Waals surface area contributed by atoms with E-state index in [2.05, 4.69) is 5.32 Å². The van der Waals surface area contributed by atoms with E-state index in [-0.39, 0.29) is 17.9 Å². The van der Waals surface area contributed by atoms with Gasteiger partial charge >= 0.3 is 0 Å². The summed E-state index contributed by atoms with van der Waals surface area (Å²) in [5, 5.41) is 3.20. The van der Waals surface area contributed by atoms with Gasteiger partial charge in [0.05, 0.1) is 11.9 Å². The Hall–Kier alpha value is -1.07. The van der Waals surface area contributed by atoms with Gasteiger partial charge in [0.15, 0.2) is 0 Å². The molecule has 1 N–H and O–H groups in total. The lowest BCUT2D eigenvalue weighted by Gasteiger charge is -2.14. The van der Waals surface area contributed by atoms with E-state index in [1.54, 1.807) is 0 Å². The van der Waals surface area contributed by atoms with Crippen LogP contribution < -0.4 is 10.1 Å². The van der Waals surface area contributed by atoms with E-state index in [4.69, 9.17) is 4.74 Å². The Labute approximate surface area is 116 Å². The van der Waals surface area contributed by atoms with Crippen LogP contribution in [0.15, 0.2) is 24.3 Å². The largest absolute Gasteiger partial charge is 0.491 e. The van der Waals surface area contributed by atoms with E-state index in [9.17, 15) is 8.42 Å². The van der Waals surface area contributed by atoms with Crippen LogP contribution in [0, 0.1) is 0 Å². The van der Waals surface area contributed by atoms with Crippen LogP contribution in [-0.4, -0.2) is 32.6 Å². The van der Waals surface area contributed by atoms with E-state index in [1.807, 2.05) is 45.0 Å². The molecule has 0 saturated carbocycles. The molecule has 1 aromatic carbocycles. The summed E-state index contributed by atoms with van der Waals surface area (Å²) in [4.78, 5) is 0. The van der Waals surface area contributed by atoms with Gasteiger partial charge in [-0.15, -0.1) is 0 Å². The second-order valence-electron chi connectivity index (χ2n) is 5.19. The van der Waals surface area contributed by atoms with Crippen molar-refractivity contribution in [3.05, 3.63) is 29.8 Å². The fraction of sp³-hybridized carbons (Fsp3) is 0.571. The normalized spacial score (nSPS) is 13.5. The van der Waals surface area contributed by atoms with Crippen molar-refractivity contribution in [2.45, 2.75) is 39.5 Å². The number of nitrogens with one attached hydrogen (secondary N) is 1. The molecule has 1 atom stereocenters. The van der Waals surface area contributed by atoms with Crippen molar-refractivity contribution < 1.29 is 13.2 Å². The zero-order chi connectivity index (χ0) is 14.5. The average Bonchev–Trinajstić information content (AvgIpc) is 2.23. The topological polar surface area (TPSA) is 55.4 Å². The first-order valence-corrected chi connectivity index (χ1v) is 8.49. The fourth-order valence-corrected chi connectivity index (χ4v) is 2.83. The van der Waals surface area contributed by atoms with Crippen molar-refractivity contribution in [2.24, 2.45) is 0 Å². The van der Waals surface area contributed by atoms with Crippen LogP contribution in [0.1, 0.15) is 26.3 Å². The first-order valence-electron chi connectivity index (χ1n) is 6.43. The van der Waals surface area contributed by atoms with E-state index < -0.39 is 9.84 Å². The summed E-state index contributed by atoms with van der Waals surface area (Å²) in [7, 11) is -2.94. The minimum Gasteiger partial charge on any atom is -0.491 e. The molecule has 0 saturated heterocycles. The third kappa shape index (κ3) is 7.18. The van der Waals surface area contributed by atoms with Crippen LogP contribution in [0.3, 0.4) is 0 Å². The zero-order valence-electron chi connectivity index (χ0n) is 12.0. The van der Waals surface area contributed by atoms with Gasteiger partial charge in [-0.3, -0.25) is 0 Å². The van der Waals surface area contributed by atoms with Crippen LogP contribution in [0.4, 0.5) is 0 Å². The molecule has 1 unspecified atom stereocenters. The second kappa shape index (κ2) is 6.91. The molecule has 0 amide bonds. The van der Waals surface area contributed by atoms with Crippen molar-refractivity contribution in [3.63, 3.8) is 0 Å². The van der Waals surface area contributed by atoms with E-state index in [0.717, 1.165) is 11.3 Å². The summed E-state index contributed by atoms with van der Waals surface area (Å²) < 4.78 is 28.0. The predicted molar refractivity (Wildman–Crippen MR) is 78.2 cm³/mol. The number of hydrogen-bond acceptors (Lipinski definition) is 4. The third-order valence-electron chi connectivity index (χ3n) is 2.48. The minimum atomic E-state index is -2.94. The van der Waals surface area contributed by atoms with Crippen molar-refractivity contribution in [3.8, 4) is 5.75 Å². The van der Waals surface area contributed by atoms with Gasteiger partial charge in [-0.1, -0.05) is 12.1 Å². The van der Waals surface area contributed by atoms with Crippen LogP contribution in [0.2, 0.25) is 0 Å². The molecule has 5 heteroatoms. The highest BCUT2D eigenvalue weighted by Crippen LogP contribution is 2.14. The summed E-state index contributed by atoms with van der Waals surface area (Å²) in [6.45, 7) is 6.47. The molecular formula is C14H23NO3S. The Morgan fingerprint density at radius 3 is 2.53 bits per heavy atom. The SMILES string of the molecule is CC(CS(C)(=O)=O)NCc1cccc(OC(C)C)c1. The van der Waals surface area contributed by atoms with Gasteiger partial charge in [0.1, 0.15) is 15.6 Å². The maximum absolute atomic E-state index is 11.2. The lowest BCUT2D eigenvalue weighted by Crippen LogP contribution is -2.32. The molecule has 4 nitrogen and oxygen atoms in total. The van der Waals surface area contributed by atoms with Gasteiger partial charge in [0.2, 0.25) is 0 Å².